The quantitative estimate of drug-likeness (QED) is 0.440. The summed E-state index contributed by atoms with van der Waals surface area (Å²) in [6, 6.07) is 0. The Kier molecular flexibility index (Phi) is 5.67. The molecule has 0 aliphatic rings. The van der Waals surface area contributed by atoms with E-state index in [1.54, 1.807) is 38.7 Å². The summed E-state index contributed by atoms with van der Waals surface area (Å²) in [5.41, 5.74) is 3.89. The summed E-state index contributed by atoms with van der Waals surface area (Å²) in [6.45, 7) is 5.10. The maximum atomic E-state index is 12.1. The number of nitro groups is 1. The predicted octanol–water partition coefficient (Wildman–Crippen LogP) is 1.69. The third-order valence-corrected chi connectivity index (χ3v) is 4.33. The molecule has 25 heavy (non-hydrogen) atoms. The first-order valence-corrected chi connectivity index (χ1v) is 8.20. The molecule has 11 heteroatoms. The molecule has 0 saturated carbocycles. The zero-order chi connectivity index (χ0) is 18.7. The first-order valence-electron chi connectivity index (χ1n) is 7.41. The van der Waals surface area contributed by atoms with Gasteiger partial charge in [-0.15, -0.1) is 0 Å². The third-order valence-electron chi connectivity index (χ3n) is 3.72. The number of nitrogens with zero attached hydrogens (tertiary/aromatic N) is 6. The van der Waals surface area contributed by atoms with E-state index in [0.29, 0.717) is 17.1 Å². The molecule has 10 nitrogen and oxygen atoms in total. The lowest BCUT2D eigenvalue weighted by Crippen LogP contribution is -2.28. The Morgan fingerprint density at radius 3 is 2.76 bits per heavy atom. The van der Waals surface area contributed by atoms with Gasteiger partial charge in [-0.2, -0.15) is 15.3 Å². The van der Waals surface area contributed by atoms with Crippen molar-refractivity contribution in [3.63, 3.8) is 0 Å². The van der Waals surface area contributed by atoms with Crippen LogP contribution in [-0.4, -0.2) is 36.6 Å². The van der Waals surface area contributed by atoms with Crippen molar-refractivity contribution >= 4 is 33.7 Å². The smallest absolute Gasteiger partial charge is 0.273 e. The fraction of sp³-hybridized carbons (Fsp3) is 0.429. The maximum absolute atomic E-state index is 12.1. The lowest BCUT2D eigenvalue weighted by molar-refractivity contribution is -0.386. The van der Waals surface area contributed by atoms with Gasteiger partial charge in [-0.05, 0) is 29.8 Å². The molecule has 1 atom stereocenters. The molecule has 0 aromatic carbocycles. The molecular weight excluding hydrogens is 394 g/mol. The van der Waals surface area contributed by atoms with Gasteiger partial charge in [-0.25, -0.2) is 5.43 Å². The van der Waals surface area contributed by atoms with Crippen molar-refractivity contribution in [3.8, 4) is 0 Å². The molecule has 1 amide bonds. The van der Waals surface area contributed by atoms with Gasteiger partial charge in [0.05, 0.1) is 40.0 Å². The van der Waals surface area contributed by atoms with Crippen LogP contribution in [0.3, 0.4) is 0 Å². The van der Waals surface area contributed by atoms with E-state index in [1.165, 1.54) is 10.9 Å². The van der Waals surface area contributed by atoms with Gasteiger partial charge >= 0.3 is 5.69 Å². The fourth-order valence-corrected chi connectivity index (χ4v) is 2.75. The molecule has 1 unspecified atom stereocenters. The van der Waals surface area contributed by atoms with Crippen LogP contribution in [0, 0.1) is 29.9 Å². The zero-order valence-electron chi connectivity index (χ0n) is 14.2. The van der Waals surface area contributed by atoms with E-state index in [0.717, 1.165) is 4.47 Å². The van der Waals surface area contributed by atoms with Gasteiger partial charge in [-0.1, -0.05) is 6.92 Å². The topological polar surface area (TPSA) is 120 Å². The molecule has 2 aromatic heterocycles. The number of hydrogen-bond acceptors (Lipinski definition) is 6. The number of amides is 1. The summed E-state index contributed by atoms with van der Waals surface area (Å²) in [7, 11) is 1.76. The number of nitrogens with one attached hydrogen (secondary N) is 1. The predicted molar refractivity (Wildman–Crippen MR) is 94.2 cm³/mol. The average Bonchev–Trinajstić information content (AvgIpc) is 2.99. The van der Waals surface area contributed by atoms with Gasteiger partial charge in [0.2, 0.25) is 5.91 Å². The first-order chi connectivity index (χ1) is 11.7. The molecule has 1 N–H and O–H groups in total. The van der Waals surface area contributed by atoms with Gasteiger partial charge in [-0.3, -0.25) is 24.3 Å². The van der Waals surface area contributed by atoms with Crippen molar-refractivity contribution in [2.24, 2.45) is 18.1 Å². The van der Waals surface area contributed by atoms with E-state index >= 15 is 0 Å². The lowest BCUT2D eigenvalue weighted by Gasteiger charge is -2.10. The van der Waals surface area contributed by atoms with E-state index in [2.05, 4.69) is 36.7 Å². The zero-order valence-corrected chi connectivity index (χ0v) is 15.8. The monoisotopic (exact) mass is 411 g/mol. The highest BCUT2D eigenvalue weighted by atomic mass is 79.9. The van der Waals surface area contributed by atoms with E-state index in [1.807, 2.05) is 0 Å². The Labute approximate surface area is 152 Å². The van der Waals surface area contributed by atoms with Crippen molar-refractivity contribution < 1.29 is 9.72 Å². The normalized spacial score (nSPS) is 12.5. The number of hydrogen-bond donors (Lipinski definition) is 1. The standard InChI is InChI=1S/C14H18BrN7O3/c1-8(7-21-10(3)13(22(24)25)9(2)19-21)14(23)18-16-6-12-11(15)5-17-20(12)4/h5-6,8H,7H2,1-4H3,(H,18,23)/b16-6+. The SMILES string of the molecule is Cc1nn(CC(C)C(=O)N/N=C/c2c(Br)cnn2C)c(C)c1[N+](=O)[O-]. The number of carbonyl (C=O) groups is 1. The van der Waals surface area contributed by atoms with Crippen LogP contribution >= 0.6 is 15.9 Å². The van der Waals surface area contributed by atoms with E-state index in [4.69, 9.17) is 0 Å². The average molecular weight is 412 g/mol. The molecular formula is C14H18BrN7O3. The number of halogens is 1. The van der Waals surface area contributed by atoms with Gasteiger partial charge in [0.25, 0.3) is 0 Å². The van der Waals surface area contributed by atoms with E-state index in [9.17, 15) is 14.9 Å². The minimum Gasteiger partial charge on any atom is -0.273 e. The summed E-state index contributed by atoms with van der Waals surface area (Å²) >= 11 is 3.33. The highest BCUT2D eigenvalue weighted by Gasteiger charge is 2.24. The van der Waals surface area contributed by atoms with Crippen molar-refractivity contribution in [1.29, 1.82) is 0 Å². The number of rotatable bonds is 6. The van der Waals surface area contributed by atoms with Gasteiger partial charge in [0, 0.05) is 7.05 Å². The van der Waals surface area contributed by atoms with Gasteiger partial charge < -0.3 is 0 Å². The Bertz CT molecular complexity index is 820. The van der Waals surface area contributed by atoms with Crippen LogP contribution in [0.4, 0.5) is 5.69 Å². The van der Waals surface area contributed by atoms with E-state index in [-0.39, 0.29) is 18.1 Å². The third kappa shape index (κ3) is 4.10. The Morgan fingerprint density at radius 1 is 1.56 bits per heavy atom. The Morgan fingerprint density at radius 2 is 2.24 bits per heavy atom. The molecule has 0 saturated heterocycles. The molecule has 134 valence electrons. The summed E-state index contributed by atoms with van der Waals surface area (Å²) in [5, 5.41) is 23.1. The largest absolute Gasteiger partial charge is 0.312 e. The first kappa shape index (κ1) is 18.8. The number of carbonyl (C=O) groups excluding carboxylic acids is 1. The van der Waals surface area contributed by atoms with Crippen LogP contribution in [0.1, 0.15) is 24.0 Å². The molecule has 2 aromatic rings. The second-order valence-corrected chi connectivity index (χ2v) is 6.45. The van der Waals surface area contributed by atoms with Gasteiger partial charge in [0.15, 0.2) is 0 Å². The summed E-state index contributed by atoms with van der Waals surface area (Å²) < 4.78 is 3.84. The molecule has 0 fully saturated rings. The van der Waals surface area contributed by atoms with Gasteiger partial charge in [0.1, 0.15) is 11.4 Å². The number of hydrazone groups is 1. The molecule has 0 aliphatic heterocycles. The van der Waals surface area contributed by atoms with Crippen LogP contribution in [0.25, 0.3) is 0 Å². The molecule has 2 heterocycles. The second kappa shape index (κ2) is 7.55. The van der Waals surface area contributed by atoms with Crippen LogP contribution in [0.15, 0.2) is 15.8 Å². The number of aromatic nitrogens is 4. The van der Waals surface area contributed by atoms with E-state index < -0.39 is 10.8 Å². The molecule has 0 radical (unpaired) electrons. The second-order valence-electron chi connectivity index (χ2n) is 5.60. The Balaban J connectivity index is 2.02. The molecule has 2 rings (SSSR count). The van der Waals surface area contributed by atoms with Crippen molar-refractivity contribution in [2.45, 2.75) is 27.3 Å². The minimum atomic E-state index is -0.468. The fourth-order valence-electron chi connectivity index (χ4n) is 2.30. The van der Waals surface area contributed by atoms with Crippen LogP contribution in [0.5, 0.6) is 0 Å². The lowest BCUT2D eigenvalue weighted by atomic mass is 10.1. The summed E-state index contributed by atoms with van der Waals surface area (Å²) in [5.74, 6) is -0.783. The minimum absolute atomic E-state index is 0.0216. The van der Waals surface area contributed by atoms with Crippen LogP contribution in [-0.2, 0) is 18.4 Å². The summed E-state index contributed by atoms with van der Waals surface area (Å²) in [4.78, 5) is 22.7. The van der Waals surface area contributed by atoms with Crippen LogP contribution < -0.4 is 5.43 Å². The molecule has 0 aliphatic carbocycles. The maximum Gasteiger partial charge on any atom is 0.312 e. The summed E-state index contributed by atoms with van der Waals surface area (Å²) in [6.07, 6.45) is 3.11. The van der Waals surface area contributed by atoms with Crippen molar-refractivity contribution in [1.82, 2.24) is 25.0 Å². The Hall–Kier alpha value is -2.56. The highest BCUT2D eigenvalue weighted by Crippen LogP contribution is 2.22. The van der Waals surface area contributed by atoms with Crippen molar-refractivity contribution in [2.75, 3.05) is 0 Å². The van der Waals surface area contributed by atoms with Crippen molar-refractivity contribution in [3.05, 3.63) is 37.9 Å². The highest BCUT2D eigenvalue weighted by molar-refractivity contribution is 9.10. The molecule has 0 bridgehead atoms. The van der Waals surface area contributed by atoms with Crippen LogP contribution in [0.2, 0.25) is 0 Å². The number of aryl methyl sites for hydroxylation is 2. The molecule has 0 spiro atoms.